The SMILES string of the molecule is CCCCCOc1ccc(C2C(=C(O)c3ccc(OCc4ccccc4)cc3)C(=O)C(=O)N2CCN(C)C)cc1OC. The topological polar surface area (TPSA) is 88.5 Å². The van der Waals surface area contributed by atoms with Crippen LogP contribution in [-0.4, -0.2) is 67.5 Å². The van der Waals surface area contributed by atoms with Crippen LogP contribution in [0, 0.1) is 0 Å². The number of rotatable bonds is 14. The molecule has 3 aromatic rings. The summed E-state index contributed by atoms with van der Waals surface area (Å²) in [5, 5.41) is 11.5. The van der Waals surface area contributed by atoms with Gasteiger partial charge in [0.15, 0.2) is 11.5 Å². The van der Waals surface area contributed by atoms with E-state index in [1.165, 1.54) is 4.90 Å². The number of Topliss-reactive ketones (excluding diaryl/α,β-unsaturated/α-hetero) is 1. The molecule has 1 atom stereocenters. The predicted molar refractivity (Wildman–Crippen MR) is 163 cm³/mol. The largest absolute Gasteiger partial charge is 0.507 e. The molecular formula is C34H40N2O6. The molecule has 0 aliphatic carbocycles. The highest BCUT2D eigenvalue weighted by Crippen LogP contribution is 2.42. The second-order valence-corrected chi connectivity index (χ2v) is 10.6. The molecule has 4 rings (SSSR count). The van der Waals surface area contributed by atoms with Crippen LogP contribution in [0.5, 0.6) is 17.2 Å². The first-order valence-corrected chi connectivity index (χ1v) is 14.3. The molecule has 0 spiro atoms. The number of nitrogens with zero attached hydrogens (tertiary/aromatic N) is 2. The lowest BCUT2D eigenvalue weighted by atomic mass is 9.95. The Balaban J connectivity index is 1.66. The van der Waals surface area contributed by atoms with Gasteiger partial charge in [0.2, 0.25) is 0 Å². The van der Waals surface area contributed by atoms with Crippen LogP contribution in [-0.2, 0) is 16.2 Å². The van der Waals surface area contributed by atoms with E-state index in [4.69, 9.17) is 14.2 Å². The number of carbonyl (C=O) groups excluding carboxylic acids is 2. The van der Waals surface area contributed by atoms with Crippen LogP contribution in [0.4, 0.5) is 0 Å². The third-order valence-corrected chi connectivity index (χ3v) is 7.21. The summed E-state index contributed by atoms with van der Waals surface area (Å²) in [4.78, 5) is 30.1. The van der Waals surface area contributed by atoms with E-state index in [0.717, 1.165) is 24.8 Å². The molecule has 8 heteroatoms. The van der Waals surface area contributed by atoms with Gasteiger partial charge in [-0.1, -0.05) is 56.2 Å². The number of methoxy groups -OCH3 is 1. The number of ketones is 1. The van der Waals surface area contributed by atoms with Crippen molar-refractivity contribution in [3.05, 3.63) is 95.1 Å². The minimum atomic E-state index is -0.790. The number of hydrogen-bond donors (Lipinski definition) is 1. The summed E-state index contributed by atoms with van der Waals surface area (Å²) in [5.41, 5.74) is 2.14. The number of aliphatic hydroxyl groups excluding tert-OH is 1. The Kier molecular flexibility index (Phi) is 10.6. The van der Waals surface area contributed by atoms with Crippen molar-refractivity contribution >= 4 is 17.4 Å². The van der Waals surface area contributed by atoms with Crippen molar-refractivity contribution in [3.8, 4) is 17.2 Å². The highest BCUT2D eigenvalue weighted by Gasteiger charge is 2.46. The van der Waals surface area contributed by atoms with Crippen molar-refractivity contribution in [2.24, 2.45) is 0 Å². The molecule has 1 fully saturated rings. The molecule has 8 nitrogen and oxygen atoms in total. The lowest BCUT2D eigenvalue weighted by Crippen LogP contribution is -2.35. The van der Waals surface area contributed by atoms with Crippen LogP contribution in [0.25, 0.3) is 5.76 Å². The molecule has 222 valence electrons. The standard InChI is InChI=1S/C34H40N2O6/c1-5-6-10-21-41-28-18-15-26(22-29(28)40-4)31-30(33(38)34(39)36(31)20-19-35(2)3)32(37)25-13-16-27(17-14-25)42-23-24-11-8-7-9-12-24/h7-9,11-18,22,31,37H,5-6,10,19-21,23H2,1-4H3. The average Bonchev–Trinajstić information content (AvgIpc) is 3.26. The van der Waals surface area contributed by atoms with Gasteiger partial charge in [0.05, 0.1) is 25.3 Å². The molecule has 0 aromatic heterocycles. The van der Waals surface area contributed by atoms with Gasteiger partial charge in [0.25, 0.3) is 11.7 Å². The summed E-state index contributed by atoms with van der Waals surface area (Å²) >= 11 is 0. The van der Waals surface area contributed by atoms with Gasteiger partial charge in [-0.15, -0.1) is 0 Å². The molecule has 1 heterocycles. The predicted octanol–water partition coefficient (Wildman–Crippen LogP) is 5.83. The van der Waals surface area contributed by atoms with E-state index in [9.17, 15) is 14.7 Å². The van der Waals surface area contributed by atoms with E-state index in [1.54, 1.807) is 43.5 Å². The van der Waals surface area contributed by atoms with E-state index in [2.05, 4.69) is 6.92 Å². The first kappa shape index (κ1) is 30.7. The molecule has 1 amide bonds. The minimum Gasteiger partial charge on any atom is -0.507 e. The maximum atomic E-state index is 13.4. The van der Waals surface area contributed by atoms with Crippen LogP contribution in [0.1, 0.15) is 48.9 Å². The Labute approximate surface area is 248 Å². The lowest BCUT2D eigenvalue weighted by molar-refractivity contribution is -0.140. The Hall–Kier alpha value is -4.30. The van der Waals surface area contributed by atoms with E-state index in [-0.39, 0.29) is 11.3 Å². The maximum Gasteiger partial charge on any atom is 0.295 e. The summed E-state index contributed by atoms with van der Waals surface area (Å²) in [6, 6.07) is 21.3. The summed E-state index contributed by atoms with van der Waals surface area (Å²) in [6.07, 6.45) is 3.09. The highest BCUT2D eigenvalue weighted by atomic mass is 16.5. The van der Waals surface area contributed by atoms with Crippen molar-refractivity contribution in [2.45, 2.75) is 38.8 Å². The number of ether oxygens (including phenoxy) is 3. The normalized spacial score (nSPS) is 16.2. The molecule has 1 N–H and O–H groups in total. The molecule has 1 saturated heterocycles. The number of carbonyl (C=O) groups is 2. The zero-order valence-corrected chi connectivity index (χ0v) is 24.8. The molecule has 1 aliphatic rings. The molecule has 0 saturated carbocycles. The van der Waals surface area contributed by atoms with Gasteiger partial charge in [-0.05, 0) is 68.0 Å². The highest BCUT2D eigenvalue weighted by molar-refractivity contribution is 6.46. The number of aliphatic hydroxyl groups is 1. The van der Waals surface area contributed by atoms with Crippen molar-refractivity contribution in [1.82, 2.24) is 9.80 Å². The minimum absolute atomic E-state index is 0.0374. The summed E-state index contributed by atoms with van der Waals surface area (Å²) < 4.78 is 17.4. The quantitative estimate of drug-likeness (QED) is 0.113. The molecule has 0 bridgehead atoms. The van der Waals surface area contributed by atoms with Gasteiger partial charge in [0, 0.05) is 18.7 Å². The number of amides is 1. The molecule has 42 heavy (non-hydrogen) atoms. The summed E-state index contributed by atoms with van der Waals surface area (Å²) in [6.45, 7) is 3.96. The van der Waals surface area contributed by atoms with E-state index in [1.807, 2.05) is 55.4 Å². The van der Waals surface area contributed by atoms with Crippen LogP contribution >= 0.6 is 0 Å². The first-order chi connectivity index (χ1) is 20.3. The third kappa shape index (κ3) is 7.31. The Morgan fingerprint density at radius 2 is 1.67 bits per heavy atom. The Bertz CT molecular complexity index is 1380. The van der Waals surface area contributed by atoms with E-state index in [0.29, 0.717) is 54.7 Å². The van der Waals surface area contributed by atoms with Gasteiger partial charge in [-0.3, -0.25) is 9.59 Å². The Morgan fingerprint density at radius 1 is 0.929 bits per heavy atom. The van der Waals surface area contributed by atoms with Crippen LogP contribution < -0.4 is 14.2 Å². The number of likely N-dealkylation sites (tertiary alicyclic amines) is 1. The van der Waals surface area contributed by atoms with E-state index >= 15 is 0 Å². The van der Waals surface area contributed by atoms with Gasteiger partial charge in [-0.25, -0.2) is 0 Å². The molecule has 1 unspecified atom stereocenters. The zero-order chi connectivity index (χ0) is 30.1. The fraction of sp³-hybridized carbons (Fsp3) is 0.353. The number of hydrogen-bond acceptors (Lipinski definition) is 7. The second kappa shape index (κ2) is 14.5. The lowest BCUT2D eigenvalue weighted by Gasteiger charge is -2.27. The third-order valence-electron chi connectivity index (χ3n) is 7.21. The molecular weight excluding hydrogens is 532 g/mol. The van der Waals surface area contributed by atoms with Gasteiger partial charge >= 0.3 is 0 Å². The monoisotopic (exact) mass is 572 g/mol. The molecule has 3 aromatic carbocycles. The van der Waals surface area contributed by atoms with E-state index < -0.39 is 17.7 Å². The van der Waals surface area contributed by atoms with Crippen molar-refractivity contribution < 1.29 is 28.9 Å². The molecule has 1 aliphatic heterocycles. The van der Waals surface area contributed by atoms with Gasteiger partial charge in [0.1, 0.15) is 18.1 Å². The second-order valence-electron chi connectivity index (χ2n) is 10.6. The zero-order valence-electron chi connectivity index (χ0n) is 24.8. The Morgan fingerprint density at radius 3 is 2.33 bits per heavy atom. The molecule has 0 radical (unpaired) electrons. The number of benzene rings is 3. The van der Waals surface area contributed by atoms with Crippen LogP contribution in [0.15, 0.2) is 78.4 Å². The van der Waals surface area contributed by atoms with Crippen molar-refractivity contribution in [2.75, 3.05) is 40.9 Å². The van der Waals surface area contributed by atoms with Crippen molar-refractivity contribution in [3.63, 3.8) is 0 Å². The summed E-state index contributed by atoms with van der Waals surface area (Å²) in [7, 11) is 5.36. The van der Waals surface area contributed by atoms with Crippen LogP contribution in [0.3, 0.4) is 0 Å². The fourth-order valence-corrected chi connectivity index (χ4v) is 4.88. The van der Waals surface area contributed by atoms with Gasteiger partial charge < -0.3 is 29.1 Å². The van der Waals surface area contributed by atoms with Crippen molar-refractivity contribution in [1.29, 1.82) is 0 Å². The average molecular weight is 573 g/mol. The van der Waals surface area contributed by atoms with Crippen LogP contribution in [0.2, 0.25) is 0 Å². The maximum absolute atomic E-state index is 13.4. The fourth-order valence-electron chi connectivity index (χ4n) is 4.88. The first-order valence-electron chi connectivity index (χ1n) is 14.3. The number of likely N-dealkylation sites (N-methyl/N-ethyl adjacent to an activating group) is 1. The van der Waals surface area contributed by atoms with Gasteiger partial charge in [-0.2, -0.15) is 0 Å². The smallest absolute Gasteiger partial charge is 0.295 e. The number of unbranched alkanes of at least 4 members (excludes halogenated alkanes) is 2. The summed E-state index contributed by atoms with van der Waals surface area (Å²) in [5.74, 6) is 0.109.